The molecular formula is C24H26N2O3S. The van der Waals surface area contributed by atoms with Crippen LogP contribution in [0.1, 0.15) is 41.3 Å². The molecule has 3 rings (SSSR count). The maximum Gasteiger partial charge on any atom is 0.261 e. The fourth-order valence-electron chi connectivity index (χ4n) is 3.03. The fourth-order valence-corrected chi connectivity index (χ4v) is 4.11. The van der Waals surface area contributed by atoms with Gasteiger partial charge in [-0.25, -0.2) is 8.42 Å². The zero-order chi connectivity index (χ0) is 21.6. The minimum Gasteiger partial charge on any atom is -0.322 e. The predicted molar refractivity (Wildman–Crippen MR) is 121 cm³/mol. The first-order valence-corrected chi connectivity index (χ1v) is 11.5. The lowest BCUT2D eigenvalue weighted by Crippen LogP contribution is -2.18. The van der Waals surface area contributed by atoms with Crippen LogP contribution >= 0.6 is 0 Å². The molecule has 0 aliphatic carbocycles. The number of unbranched alkanes of at least 4 members (excludes halogenated alkanes) is 1. The number of sulfonamides is 1. The Morgan fingerprint density at radius 1 is 0.900 bits per heavy atom. The summed E-state index contributed by atoms with van der Waals surface area (Å²) in [7, 11) is -3.80. The van der Waals surface area contributed by atoms with E-state index in [1.54, 1.807) is 48.5 Å². The van der Waals surface area contributed by atoms with Gasteiger partial charge in [-0.05, 0) is 61.7 Å². The summed E-state index contributed by atoms with van der Waals surface area (Å²) in [5.74, 6) is -0.376. The number of nitrogens with one attached hydrogen (secondary N) is 2. The summed E-state index contributed by atoms with van der Waals surface area (Å²) in [4.78, 5) is 13.0. The summed E-state index contributed by atoms with van der Waals surface area (Å²) in [6, 6.07) is 20.8. The smallest absolute Gasteiger partial charge is 0.261 e. The Morgan fingerprint density at radius 2 is 1.57 bits per heavy atom. The van der Waals surface area contributed by atoms with E-state index in [1.165, 1.54) is 5.56 Å². The molecule has 6 heteroatoms. The van der Waals surface area contributed by atoms with Gasteiger partial charge in [0.2, 0.25) is 0 Å². The highest BCUT2D eigenvalue weighted by Crippen LogP contribution is 2.22. The molecule has 0 heterocycles. The van der Waals surface area contributed by atoms with Gasteiger partial charge in [0, 0.05) is 5.69 Å². The van der Waals surface area contributed by atoms with Crippen LogP contribution in [-0.4, -0.2) is 14.3 Å². The maximum absolute atomic E-state index is 12.8. The first-order valence-electron chi connectivity index (χ1n) is 9.98. The largest absolute Gasteiger partial charge is 0.322 e. The van der Waals surface area contributed by atoms with Gasteiger partial charge in [0.15, 0.2) is 0 Å². The minimum atomic E-state index is -3.80. The second kappa shape index (κ2) is 9.59. The van der Waals surface area contributed by atoms with E-state index in [9.17, 15) is 13.2 Å². The Labute approximate surface area is 178 Å². The van der Waals surface area contributed by atoms with Crippen molar-refractivity contribution >= 4 is 27.3 Å². The highest BCUT2D eigenvalue weighted by Gasteiger charge is 2.18. The third-order valence-electron chi connectivity index (χ3n) is 4.78. The van der Waals surface area contributed by atoms with Crippen molar-refractivity contribution in [2.75, 3.05) is 10.0 Å². The second-order valence-electron chi connectivity index (χ2n) is 7.22. The van der Waals surface area contributed by atoms with Crippen LogP contribution in [0.3, 0.4) is 0 Å². The first-order chi connectivity index (χ1) is 14.4. The average molecular weight is 423 g/mol. The lowest BCUT2D eigenvalue weighted by atomic mass is 10.1. The van der Waals surface area contributed by atoms with Crippen molar-refractivity contribution < 1.29 is 13.2 Å². The molecule has 0 bridgehead atoms. The lowest BCUT2D eigenvalue weighted by Gasteiger charge is -2.13. The summed E-state index contributed by atoms with van der Waals surface area (Å²) >= 11 is 0. The molecule has 3 aromatic carbocycles. The van der Waals surface area contributed by atoms with E-state index in [4.69, 9.17) is 0 Å². The van der Waals surface area contributed by atoms with Gasteiger partial charge in [0.1, 0.15) is 0 Å². The number of anilines is 2. The second-order valence-corrected chi connectivity index (χ2v) is 8.90. The highest BCUT2D eigenvalue weighted by molar-refractivity contribution is 7.92. The standard InChI is InChI=1S/C24H26N2O3S/c1-3-4-7-19-12-14-20(15-13-19)25-24(27)22-8-5-6-9-23(22)26-30(28,29)21-16-10-18(2)11-17-21/h5-6,8-17,26H,3-4,7H2,1-2H3,(H,25,27). The number of hydrogen-bond donors (Lipinski definition) is 2. The Balaban J connectivity index is 1.77. The van der Waals surface area contributed by atoms with E-state index in [1.807, 2.05) is 31.2 Å². The van der Waals surface area contributed by atoms with E-state index < -0.39 is 10.0 Å². The molecule has 0 spiro atoms. The molecule has 0 saturated heterocycles. The van der Waals surface area contributed by atoms with E-state index >= 15 is 0 Å². The quantitative estimate of drug-likeness (QED) is 0.511. The van der Waals surface area contributed by atoms with Crippen molar-refractivity contribution in [3.8, 4) is 0 Å². The van der Waals surface area contributed by atoms with Crippen molar-refractivity contribution in [1.29, 1.82) is 0 Å². The Bertz CT molecular complexity index is 1110. The number of amides is 1. The minimum absolute atomic E-state index is 0.144. The number of aryl methyl sites for hydroxylation is 2. The molecule has 0 aliphatic heterocycles. The summed E-state index contributed by atoms with van der Waals surface area (Å²) in [5.41, 5.74) is 3.34. The molecule has 1 amide bonds. The third kappa shape index (κ3) is 5.48. The van der Waals surface area contributed by atoms with E-state index in [0.29, 0.717) is 5.69 Å². The Kier molecular flexibility index (Phi) is 6.90. The van der Waals surface area contributed by atoms with Gasteiger partial charge in [-0.3, -0.25) is 9.52 Å². The van der Waals surface area contributed by atoms with Crippen molar-refractivity contribution in [3.05, 3.63) is 89.5 Å². The van der Waals surface area contributed by atoms with E-state index in [0.717, 1.165) is 24.8 Å². The van der Waals surface area contributed by atoms with Crippen LogP contribution in [0.25, 0.3) is 0 Å². The monoisotopic (exact) mass is 422 g/mol. The normalized spacial score (nSPS) is 11.1. The van der Waals surface area contributed by atoms with Crippen LogP contribution in [0.5, 0.6) is 0 Å². The fraction of sp³-hybridized carbons (Fsp3) is 0.208. The van der Waals surface area contributed by atoms with Crippen LogP contribution < -0.4 is 10.0 Å². The van der Waals surface area contributed by atoms with E-state index in [-0.39, 0.29) is 22.1 Å². The van der Waals surface area contributed by atoms with Gasteiger partial charge in [0.25, 0.3) is 15.9 Å². The van der Waals surface area contributed by atoms with Crippen molar-refractivity contribution in [2.45, 2.75) is 38.0 Å². The van der Waals surface area contributed by atoms with Crippen molar-refractivity contribution in [2.24, 2.45) is 0 Å². The molecule has 0 saturated carbocycles. The number of carbonyl (C=O) groups excluding carboxylic acids is 1. The maximum atomic E-state index is 12.8. The molecule has 156 valence electrons. The van der Waals surface area contributed by atoms with Crippen LogP contribution in [0, 0.1) is 6.92 Å². The van der Waals surface area contributed by atoms with Crippen molar-refractivity contribution in [3.63, 3.8) is 0 Å². The topological polar surface area (TPSA) is 75.3 Å². The molecular weight excluding hydrogens is 396 g/mol. The zero-order valence-corrected chi connectivity index (χ0v) is 18.0. The van der Waals surface area contributed by atoms with Gasteiger partial charge in [0.05, 0.1) is 16.1 Å². The number of hydrogen-bond acceptors (Lipinski definition) is 3. The van der Waals surface area contributed by atoms with E-state index in [2.05, 4.69) is 17.0 Å². The summed E-state index contributed by atoms with van der Waals surface area (Å²) in [6.07, 6.45) is 3.27. The molecule has 2 N–H and O–H groups in total. The lowest BCUT2D eigenvalue weighted by molar-refractivity contribution is 0.102. The summed E-state index contributed by atoms with van der Waals surface area (Å²) < 4.78 is 28.0. The molecule has 3 aromatic rings. The predicted octanol–water partition coefficient (Wildman–Crippen LogP) is 5.39. The Morgan fingerprint density at radius 3 is 2.23 bits per heavy atom. The third-order valence-corrected chi connectivity index (χ3v) is 6.16. The van der Waals surface area contributed by atoms with Crippen molar-refractivity contribution in [1.82, 2.24) is 0 Å². The highest BCUT2D eigenvalue weighted by atomic mass is 32.2. The molecule has 0 unspecified atom stereocenters. The molecule has 0 radical (unpaired) electrons. The van der Waals surface area contributed by atoms with Crippen LogP contribution in [0.15, 0.2) is 77.7 Å². The molecule has 0 atom stereocenters. The molecule has 0 aliphatic rings. The van der Waals surface area contributed by atoms with Gasteiger partial charge in [-0.1, -0.05) is 55.3 Å². The van der Waals surface area contributed by atoms with Gasteiger partial charge >= 0.3 is 0 Å². The van der Waals surface area contributed by atoms with Gasteiger partial charge < -0.3 is 5.32 Å². The molecule has 30 heavy (non-hydrogen) atoms. The number of para-hydroxylation sites is 1. The van der Waals surface area contributed by atoms with Crippen LogP contribution in [0.2, 0.25) is 0 Å². The molecule has 0 fully saturated rings. The molecule has 5 nitrogen and oxygen atoms in total. The first kappa shape index (κ1) is 21.6. The summed E-state index contributed by atoms with van der Waals surface area (Å²) in [6.45, 7) is 4.04. The number of carbonyl (C=O) groups is 1. The van der Waals surface area contributed by atoms with Crippen LogP contribution in [0.4, 0.5) is 11.4 Å². The average Bonchev–Trinajstić information content (AvgIpc) is 2.73. The summed E-state index contributed by atoms with van der Waals surface area (Å²) in [5, 5.41) is 2.84. The SMILES string of the molecule is CCCCc1ccc(NC(=O)c2ccccc2NS(=O)(=O)c2ccc(C)cc2)cc1. The zero-order valence-electron chi connectivity index (χ0n) is 17.2. The van der Waals surface area contributed by atoms with Gasteiger partial charge in [-0.15, -0.1) is 0 Å². The number of rotatable bonds is 8. The number of benzene rings is 3. The van der Waals surface area contributed by atoms with Crippen LogP contribution in [-0.2, 0) is 16.4 Å². The van der Waals surface area contributed by atoms with Gasteiger partial charge in [-0.2, -0.15) is 0 Å². The Hall–Kier alpha value is -3.12. The molecule has 0 aromatic heterocycles.